The Morgan fingerprint density at radius 2 is 1.06 bits per heavy atom. The largest absolute Gasteiger partial charge is 0.0874 e. The smallest absolute Gasteiger partial charge is 0.0302 e. The summed E-state index contributed by atoms with van der Waals surface area (Å²) in [5, 5.41) is 0. The van der Waals surface area contributed by atoms with Crippen LogP contribution in [0.25, 0.3) is 0 Å². The molecular formula is C16H26. The molecule has 0 N–H and O–H groups in total. The zero-order valence-corrected chi connectivity index (χ0v) is 11.7. The first-order chi connectivity index (χ1) is 7.62. The summed E-state index contributed by atoms with van der Waals surface area (Å²) in [6, 6.07) is 0. The molecule has 0 heterocycles. The van der Waals surface area contributed by atoms with Crippen LogP contribution in [0.1, 0.15) is 54.4 Å². The van der Waals surface area contributed by atoms with Gasteiger partial charge in [0.25, 0.3) is 0 Å². The van der Waals surface area contributed by atoms with Crippen LogP contribution < -0.4 is 0 Å². The molecule has 0 aliphatic rings. The molecule has 0 bridgehead atoms. The Morgan fingerprint density at radius 3 is 1.25 bits per heavy atom. The summed E-state index contributed by atoms with van der Waals surface area (Å²) < 4.78 is 0. The van der Waals surface area contributed by atoms with E-state index >= 15 is 0 Å². The predicted octanol–water partition coefficient (Wildman–Crippen LogP) is 5.59. The van der Waals surface area contributed by atoms with Gasteiger partial charge < -0.3 is 0 Å². The summed E-state index contributed by atoms with van der Waals surface area (Å²) in [6.45, 7) is 13.0. The molecule has 0 aromatic carbocycles. The van der Waals surface area contributed by atoms with Crippen LogP contribution in [-0.4, -0.2) is 0 Å². The molecular weight excluding hydrogens is 192 g/mol. The quantitative estimate of drug-likeness (QED) is 0.527. The van der Waals surface area contributed by atoms with Crippen molar-refractivity contribution in [3.05, 3.63) is 46.6 Å². The number of hydrogen-bond donors (Lipinski definition) is 0. The monoisotopic (exact) mass is 218 g/mol. The SMILES string of the molecule is CC=CC(C)=C(CC)C(CC)=C(C)C=CC. The van der Waals surface area contributed by atoms with Crippen molar-refractivity contribution in [2.75, 3.05) is 0 Å². The highest BCUT2D eigenvalue weighted by Gasteiger charge is 2.06. The topological polar surface area (TPSA) is 0 Å². The minimum Gasteiger partial charge on any atom is -0.0874 e. The molecule has 0 aliphatic carbocycles. The summed E-state index contributed by atoms with van der Waals surface area (Å²) in [7, 11) is 0. The minimum absolute atomic E-state index is 1.11. The van der Waals surface area contributed by atoms with E-state index < -0.39 is 0 Å². The Labute approximate surface area is 101 Å². The molecule has 0 saturated carbocycles. The fourth-order valence-electron chi connectivity index (χ4n) is 2.16. The van der Waals surface area contributed by atoms with E-state index in [1.807, 2.05) is 0 Å². The molecule has 0 aromatic heterocycles. The average molecular weight is 218 g/mol. The summed E-state index contributed by atoms with van der Waals surface area (Å²) in [5.74, 6) is 0. The van der Waals surface area contributed by atoms with Crippen LogP contribution in [0.15, 0.2) is 46.6 Å². The van der Waals surface area contributed by atoms with Crippen LogP contribution in [0.3, 0.4) is 0 Å². The lowest BCUT2D eigenvalue weighted by Gasteiger charge is -2.14. The molecule has 0 heteroatoms. The second kappa shape index (κ2) is 8.15. The molecule has 0 aromatic rings. The molecule has 0 rings (SSSR count). The van der Waals surface area contributed by atoms with Crippen LogP contribution in [-0.2, 0) is 0 Å². The molecule has 0 saturated heterocycles. The lowest BCUT2D eigenvalue weighted by atomic mass is 9.92. The maximum atomic E-state index is 2.24. The van der Waals surface area contributed by atoms with Gasteiger partial charge in [-0.05, 0) is 62.8 Å². The van der Waals surface area contributed by atoms with E-state index in [0.717, 1.165) is 12.8 Å². The lowest BCUT2D eigenvalue weighted by Crippen LogP contribution is -1.94. The van der Waals surface area contributed by atoms with Crippen molar-refractivity contribution in [3.8, 4) is 0 Å². The molecule has 90 valence electrons. The van der Waals surface area contributed by atoms with Crippen LogP contribution in [0, 0.1) is 0 Å². The van der Waals surface area contributed by atoms with Gasteiger partial charge in [-0.3, -0.25) is 0 Å². The van der Waals surface area contributed by atoms with E-state index in [9.17, 15) is 0 Å². The number of hydrogen-bond acceptors (Lipinski definition) is 0. The van der Waals surface area contributed by atoms with Gasteiger partial charge in [-0.1, -0.05) is 38.2 Å². The van der Waals surface area contributed by atoms with Crippen molar-refractivity contribution in [2.24, 2.45) is 0 Å². The van der Waals surface area contributed by atoms with Crippen molar-refractivity contribution < 1.29 is 0 Å². The maximum absolute atomic E-state index is 2.24. The van der Waals surface area contributed by atoms with E-state index in [2.05, 4.69) is 65.8 Å². The normalized spacial score (nSPS) is 15.6. The Bertz CT molecular complexity index is 288. The third-order valence-corrected chi connectivity index (χ3v) is 2.86. The Hall–Kier alpha value is -1.04. The van der Waals surface area contributed by atoms with Crippen molar-refractivity contribution in [2.45, 2.75) is 54.4 Å². The summed E-state index contributed by atoms with van der Waals surface area (Å²) in [6.07, 6.45) is 10.9. The van der Waals surface area contributed by atoms with Crippen LogP contribution in [0.2, 0.25) is 0 Å². The standard InChI is InChI=1S/C16H26/c1-7-11-13(5)15(9-3)16(10-4)14(6)12-8-2/h7-8,11-12H,9-10H2,1-6H3. The predicted molar refractivity (Wildman–Crippen MR) is 75.6 cm³/mol. The number of allylic oxidation sites excluding steroid dienone is 8. The zero-order valence-electron chi connectivity index (χ0n) is 11.7. The third kappa shape index (κ3) is 4.22. The van der Waals surface area contributed by atoms with E-state index in [1.54, 1.807) is 0 Å². The van der Waals surface area contributed by atoms with E-state index in [0.29, 0.717) is 0 Å². The molecule has 0 amide bonds. The first kappa shape index (κ1) is 15.0. The second-order valence-corrected chi connectivity index (χ2v) is 4.03. The highest BCUT2D eigenvalue weighted by atomic mass is 14.1. The zero-order chi connectivity index (χ0) is 12.6. The highest BCUT2D eigenvalue weighted by molar-refractivity contribution is 5.44. The first-order valence-corrected chi connectivity index (χ1v) is 6.27. The Balaban J connectivity index is 5.52. The van der Waals surface area contributed by atoms with Crippen LogP contribution in [0.5, 0.6) is 0 Å². The van der Waals surface area contributed by atoms with Gasteiger partial charge in [-0.2, -0.15) is 0 Å². The van der Waals surface area contributed by atoms with E-state index in [-0.39, 0.29) is 0 Å². The fourth-order valence-corrected chi connectivity index (χ4v) is 2.16. The second-order valence-electron chi connectivity index (χ2n) is 4.03. The van der Waals surface area contributed by atoms with E-state index in [1.165, 1.54) is 22.3 Å². The van der Waals surface area contributed by atoms with Crippen molar-refractivity contribution in [1.82, 2.24) is 0 Å². The van der Waals surface area contributed by atoms with Gasteiger partial charge in [0.05, 0.1) is 0 Å². The van der Waals surface area contributed by atoms with Gasteiger partial charge >= 0.3 is 0 Å². The van der Waals surface area contributed by atoms with Crippen LogP contribution >= 0.6 is 0 Å². The Morgan fingerprint density at radius 1 is 0.750 bits per heavy atom. The summed E-state index contributed by atoms with van der Waals surface area (Å²) >= 11 is 0. The molecule has 0 aliphatic heterocycles. The third-order valence-electron chi connectivity index (χ3n) is 2.86. The van der Waals surface area contributed by atoms with Gasteiger partial charge in [-0.15, -0.1) is 0 Å². The molecule has 0 unspecified atom stereocenters. The van der Waals surface area contributed by atoms with Crippen LogP contribution in [0.4, 0.5) is 0 Å². The van der Waals surface area contributed by atoms with Gasteiger partial charge in [0.15, 0.2) is 0 Å². The van der Waals surface area contributed by atoms with Gasteiger partial charge in [0, 0.05) is 0 Å². The molecule has 0 spiro atoms. The fraction of sp³-hybridized carbons (Fsp3) is 0.500. The van der Waals surface area contributed by atoms with E-state index in [4.69, 9.17) is 0 Å². The highest BCUT2D eigenvalue weighted by Crippen LogP contribution is 2.25. The molecule has 0 nitrogen and oxygen atoms in total. The van der Waals surface area contributed by atoms with Crippen molar-refractivity contribution >= 4 is 0 Å². The Kier molecular flexibility index (Phi) is 7.62. The summed E-state index contributed by atoms with van der Waals surface area (Å²) in [4.78, 5) is 0. The molecule has 16 heavy (non-hydrogen) atoms. The minimum atomic E-state index is 1.11. The van der Waals surface area contributed by atoms with Gasteiger partial charge in [-0.25, -0.2) is 0 Å². The molecule has 0 radical (unpaired) electrons. The summed E-state index contributed by atoms with van der Waals surface area (Å²) in [5.41, 5.74) is 5.78. The van der Waals surface area contributed by atoms with Gasteiger partial charge in [0.1, 0.15) is 0 Å². The van der Waals surface area contributed by atoms with Crippen molar-refractivity contribution in [3.63, 3.8) is 0 Å². The molecule has 0 fully saturated rings. The van der Waals surface area contributed by atoms with Crippen molar-refractivity contribution in [1.29, 1.82) is 0 Å². The lowest BCUT2D eigenvalue weighted by molar-refractivity contribution is 0.990. The number of rotatable bonds is 5. The first-order valence-electron chi connectivity index (χ1n) is 6.27. The maximum Gasteiger partial charge on any atom is -0.0302 e. The van der Waals surface area contributed by atoms with Gasteiger partial charge in [0.2, 0.25) is 0 Å². The average Bonchev–Trinajstić information content (AvgIpc) is 2.25. The molecule has 0 atom stereocenters.